The van der Waals surface area contributed by atoms with Crippen LogP contribution in [0.25, 0.3) is 10.8 Å². The molecule has 1 amide bonds. The maximum Gasteiger partial charge on any atom is 0.253 e. The molecule has 2 heterocycles. The Labute approximate surface area is 241 Å². The molecule has 2 aromatic heterocycles. The number of carbonyl (C=O) groups is 1. The van der Waals surface area contributed by atoms with Crippen molar-refractivity contribution in [2.45, 2.75) is 69.9 Å². The lowest BCUT2D eigenvalue weighted by Gasteiger charge is -2.19. The van der Waals surface area contributed by atoms with Crippen molar-refractivity contribution in [2.24, 2.45) is 11.8 Å². The Morgan fingerprint density at radius 1 is 1.00 bits per heavy atom. The molecule has 10 nitrogen and oxygen atoms in total. The topological polar surface area (TPSA) is 147 Å². The van der Waals surface area contributed by atoms with Crippen LogP contribution in [0, 0.1) is 11.8 Å². The normalized spacial score (nSPS) is 19.2. The van der Waals surface area contributed by atoms with Crippen molar-refractivity contribution in [1.82, 2.24) is 24.7 Å². The molecule has 41 heavy (non-hydrogen) atoms. The van der Waals surface area contributed by atoms with Crippen LogP contribution in [0.1, 0.15) is 92.1 Å². The van der Waals surface area contributed by atoms with Gasteiger partial charge in [0.15, 0.2) is 0 Å². The van der Waals surface area contributed by atoms with Gasteiger partial charge in [-0.25, -0.2) is 26.3 Å². The zero-order valence-electron chi connectivity index (χ0n) is 23.7. The zero-order valence-corrected chi connectivity index (χ0v) is 25.3. The second-order valence-corrected chi connectivity index (χ2v) is 15.4. The van der Waals surface area contributed by atoms with Crippen LogP contribution in [0.2, 0.25) is 0 Å². The number of amides is 1. The first kappa shape index (κ1) is 29.6. The number of nitrogens with one attached hydrogen (secondary N) is 3. The quantitative estimate of drug-likeness (QED) is 0.303. The van der Waals surface area contributed by atoms with E-state index >= 15 is 0 Å². The van der Waals surface area contributed by atoms with Crippen LogP contribution >= 0.6 is 0 Å². The Hall–Kier alpha value is -2.93. The zero-order chi connectivity index (χ0) is 29.5. The largest absolute Gasteiger partial charge is 0.345 e. The van der Waals surface area contributed by atoms with E-state index in [1.54, 1.807) is 30.6 Å². The summed E-state index contributed by atoms with van der Waals surface area (Å²) in [5, 5.41) is 4.06. The molecule has 2 atom stereocenters. The van der Waals surface area contributed by atoms with Crippen LogP contribution in [0.15, 0.2) is 47.8 Å². The first-order valence-corrected chi connectivity index (χ1v) is 17.1. The van der Waals surface area contributed by atoms with Gasteiger partial charge in [0.2, 0.25) is 20.0 Å². The molecule has 1 saturated carbocycles. The molecule has 0 bridgehead atoms. The monoisotopic (exact) mass is 599 g/mol. The average molecular weight is 600 g/mol. The molecule has 2 aliphatic rings. The van der Waals surface area contributed by atoms with Crippen molar-refractivity contribution < 1.29 is 21.6 Å². The van der Waals surface area contributed by atoms with E-state index < -0.39 is 32.1 Å². The van der Waals surface area contributed by atoms with E-state index in [4.69, 9.17) is 0 Å². The molecule has 2 aliphatic carbocycles. The molecule has 0 radical (unpaired) electrons. The summed E-state index contributed by atoms with van der Waals surface area (Å²) in [5.74, 6) is -0.143. The number of carbonyl (C=O) groups excluding carboxylic acids is 1. The van der Waals surface area contributed by atoms with E-state index in [2.05, 4.69) is 24.7 Å². The summed E-state index contributed by atoms with van der Waals surface area (Å²) in [7, 11) is -7.61. The maximum absolute atomic E-state index is 13.7. The molecule has 3 aromatic rings. The second kappa shape index (κ2) is 11.4. The lowest BCUT2D eigenvalue weighted by molar-refractivity contribution is 0.0935. The van der Waals surface area contributed by atoms with Crippen LogP contribution in [-0.4, -0.2) is 45.0 Å². The third-order valence-electron chi connectivity index (χ3n) is 7.34. The fourth-order valence-corrected chi connectivity index (χ4v) is 8.44. The lowest BCUT2D eigenvalue weighted by Crippen LogP contribution is -2.32. The first-order chi connectivity index (χ1) is 19.3. The molecule has 3 N–H and O–H groups in total. The van der Waals surface area contributed by atoms with Gasteiger partial charge in [-0.1, -0.05) is 27.7 Å². The van der Waals surface area contributed by atoms with Gasteiger partial charge in [0, 0.05) is 53.6 Å². The summed E-state index contributed by atoms with van der Waals surface area (Å²) >= 11 is 0. The molecule has 12 heteroatoms. The Balaban J connectivity index is 1.67. The van der Waals surface area contributed by atoms with Crippen molar-refractivity contribution in [1.29, 1.82) is 0 Å². The fourth-order valence-electron chi connectivity index (χ4n) is 5.36. The number of pyridine rings is 2. The third kappa shape index (κ3) is 6.61. The molecule has 0 aliphatic heterocycles. The van der Waals surface area contributed by atoms with Crippen molar-refractivity contribution >= 4 is 36.7 Å². The van der Waals surface area contributed by atoms with E-state index in [1.807, 2.05) is 33.8 Å². The molecule has 0 saturated heterocycles. The second-order valence-electron chi connectivity index (χ2n) is 11.9. The molecular weight excluding hydrogens is 562 g/mol. The van der Waals surface area contributed by atoms with Crippen LogP contribution in [0.5, 0.6) is 0 Å². The van der Waals surface area contributed by atoms with Gasteiger partial charge in [-0.2, -0.15) is 0 Å². The standard InChI is InChI=1S/C29H37N5O5S2/c1-17(2)13-32-41(38,39)27-11-22-25(33-29(35)20-6-5-9-30-14-20)12-26(34-40(36,37)16-18(3)4)28(22)23-15-31-24(10-21(23)27)19-7-8-19/h5-6,9-11,14-15,17-19,25-26,32,34H,7-8,12-13,16H2,1-4H3,(H,33,35)/t25-,26-/m0/s1. The minimum absolute atomic E-state index is 0.0564. The molecule has 0 spiro atoms. The number of aromatic nitrogens is 2. The van der Waals surface area contributed by atoms with E-state index in [0.717, 1.165) is 18.5 Å². The molecular formula is C29H37N5O5S2. The SMILES string of the molecule is CC(C)CNS(=O)(=O)c1cc2c(c3cnc(C4CC4)cc13)[C@@H](NS(=O)(=O)CC(C)C)C[C@@H]2NC(=O)c1cccnc1. The minimum atomic E-state index is -3.94. The third-order valence-corrected chi connectivity index (χ3v) is 10.6. The number of sulfonamides is 2. The molecule has 5 rings (SSSR count). The summed E-state index contributed by atoms with van der Waals surface area (Å²) in [5.41, 5.74) is 2.37. The van der Waals surface area contributed by atoms with Crippen molar-refractivity contribution in [3.05, 3.63) is 65.2 Å². The molecule has 1 aromatic carbocycles. The number of rotatable bonds is 11. The lowest BCUT2D eigenvalue weighted by atomic mass is 9.99. The van der Waals surface area contributed by atoms with Gasteiger partial charge < -0.3 is 5.32 Å². The van der Waals surface area contributed by atoms with Crippen LogP contribution in [-0.2, 0) is 20.0 Å². The van der Waals surface area contributed by atoms with E-state index in [-0.39, 0.29) is 41.4 Å². The maximum atomic E-state index is 13.7. The number of hydrogen-bond donors (Lipinski definition) is 3. The predicted octanol–water partition coefficient (Wildman–Crippen LogP) is 3.93. The Morgan fingerprint density at radius 2 is 1.76 bits per heavy atom. The Kier molecular flexibility index (Phi) is 8.21. The summed E-state index contributed by atoms with van der Waals surface area (Å²) in [6, 6.07) is 5.40. The molecule has 220 valence electrons. The summed E-state index contributed by atoms with van der Waals surface area (Å²) in [4.78, 5) is 21.9. The van der Waals surface area contributed by atoms with Crippen molar-refractivity contribution in [2.75, 3.05) is 12.3 Å². The summed E-state index contributed by atoms with van der Waals surface area (Å²) in [6.45, 7) is 7.78. The van der Waals surface area contributed by atoms with Gasteiger partial charge in [-0.3, -0.25) is 14.8 Å². The van der Waals surface area contributed by atoms with Gasteiger partial charge in [0.1, 0.15) is 0 Å². The average Bonchev–Trinajstić information content (AvgIpc) is 3.70. The highest BCUT2D eigenvalue weighted by Crippen LogP contribution is 2.47. The highest BCUT2D eigenvalue weighted by atomic mass is 32.2. The van der Waals surface area contributed by atoms with Crippen molar-refractivity contribution in [3.8, 4) is 0 Å². The first-order valence-electron chi connectivity index (χ1n) is 14.0. The number of benzene rings is 1. The summed E-state index contributed by atoms with van der Waals surface area (Å²) < 4.78 is 59.1. The van der Waals surface area contributed by atoms with Gasteiger partial charge in [0.05, 0.1) is 22.3 Å². The molecule has 1 fully saturated rings. The van der Waals surface area contributed by atoms with Gasteiger partial charge in [-0.15, -0.1) is 0 Å². The van der Waals surface area contributed by atoms with E-state index in [1.165, 1.54) is 6.20 Å². The number of fused-ring (bicyclic) bond motifs is 3. The number of nitrogens with zero attached hydrogens (tertiary/aromatic N) is 2. The van der Waals surface area contributed by atoms with Crippen LogP contribution < -0.4 is 14.8 Å². The van der Waals surface area contributed by atoms with Gasteiger partial charge in [-0.05, 0) is 66.5 Å². The minimum Gasteiger partial charge on any atom is -0.345 e. The van der Waals surface area contributed by atoms with Crippen LogP contribution in [0.3, 0.4) is 0 Å². The fraction of sp³-hybridized carbons (Fsp3) is 0.483. The predicted molar refractivity (Wildman–Crippen MR) is 157 cm³/mol. The van der Waals surface area contributed by atoms with Gasteiger partial charge >= 0.3 is 0 Å². The van der Waals surface area contributed by atoms with Crippen molar-refractivity contribution in [3.63, 3.8) is 0 Å². The smallest absolute Gasteiger partial charge is 0.253 e. The molecule has 0 unspecified atom stereocenters. The highest BCUT2D eigenvalue weighted by Gasteiger charge is 2.38. The Bertz CT molecular complexity index is 1670. The highest BCUT2D eigenvalue weighted by molar-refractivity contribution is 7.90. The number of hydrogen-bond acceptors (Lipinski definition) is 7. The Morgan fingerprint density at radius 3 is 2.39 bits per heavy atom. The van der Waals surface area contributed by atoms with Gasteiger partial charge in [0.25, 0.3) is 5.91 Å². The van der Waals surface area contributed by atoms with E-state index in [9.17, 15) is 21.6 Å². The summed E-state index contributed by atoms with van der Waals surface area (Å²) in [6.07, 6.45) is 6.90. The van der Waals surface area contributed by atoms with Crippen LogP contribution in [0.4, 0.5) is 0 Å². The van der Waals surface area contributed by atoms with E-state index in [0.29, 0.717) is 33.4 Å².